The summed E-state index contributed by atoms with van der Waals surface area (Å²) in [5, 5.41) is 21.6. The van der Waals surface area contributed by atoms with Crippen molar-refractivity contribution in [2.75, 3.05) is 6.61 Å². The van der Waals surface area contributed by atoms with E-state index in [1.165, 1.54) is 24.3 Å². The zero-order chi connectivity index (χ0) is 17.8. The van der Waals surface area contributed by atoms with Gasteiger partial charge in [-0.15, -0.1) is 5.10 Å². The molecule has 0 saturated carbocycles. The van der Waals surface area contributed by atoms with E-state index in [0.717, 1.165) is 0 Å². The van der Waals surface area contributed by atoms with Crippen LogP contribution < -0.4 is 0 Å². The summed E-state index contributed by atoms with van der Waals surface area (Å²) in [5.41, 5.74) is 2.43. The number of tetrazole rings is 1. The molecule has 0 aliphatic heterocycles. The van der Waals surface area contributed by atoms with E-state index >= 15 is 0 Å². The van der Waals surface area contributed by atoms with Gasteiger partial charge in [-0.1, -0.05) is 24.3 Å². The van der Waals surface area contributed by atoms with Crippen LogP contribution in [0.1, 0.15) is 23.9 Å². The van der Waals surface area contributed by atoms with E-state index in [1.54, 1.807) is 28.9 Å². The van der Waals surface area contributed by atoms with Gasteiger partial charge in [-0.25, -0.2) is 13.5 Å². The van der Waals surface area contributed by atoms with Gasteiger partial charge in [0.2, 0.25) is 0 Å². The largest absolute Gasteiger partial charge is 0.392 e. The fourth-order valence-corrected chi connectivity index (χ4v) is 2.64. The number of nitrogens with zero attached hydrogens (tertiary/aromatic N) is 4. The number of hydrogen-bond acceptors (Lipinski definition) is 4. The number of aliphatic hydroxyl groups excluding tert-OH is 1. The van der Waals surface area contributed by atoms with Crippen molar-refractivity contribution in [3.05, 3.63) is 77.1 Å². The SMILES string of the molecule is CCn1nnnc1C(CO)=C(c1ccc(F)cc1)c1ccc(F)cc1. The third kappa shape index (κ3) is 3.46. The number of halogens is 2. The molecule has 0 spiro atoms. The summed E-state index contributed by atoms with van der Waals surface area (Å²) in [6, 6.07) is 11.7. The van der Waals surface area contributed by atoms with Gasteiger partial charge in [0.25, 0.3) is 0 Å². The second kappa shape index (κ2) is 7.31. The van der Waals surface area contributed by atoms with E-state index in [4.69, 9.17) is 0 Å². The lowest BCUT2D eigenvalue weighted by atomic mass is 9.92. The van der Waals surface area contributed by atoms with Crippen LogP contribution in [0.3, 0.4) is 0 Å². The first-order valence-corrected chi connectivity index (χ1v) is 7.76. The maximum absolute atomic E-state index is 13.3. The molecule has 3 aromatic rings. The first-order valence-electron chi connectivity index (χ1n) is 7.76. The zero-order valence-electron chi connectivity index (χ0n) is 13.5. The Morgan fingerprint density at radius 3 is 1.92 bits per heavy atom. The summed E-state index contributed by atoms with van der Waals surface area (Å²) in [4.78, 5) is 0. The van der Waals surface area contributed by atoms with Crippen LogP contribution in [0.2, 0.25) is 0 Å². The Labute approximate surface area is 143 Å². The molecule has 25 heavy (non-hydrogen) atoms. The molecule has 0 bridgehead atoms. The zero-order valence-corrected chi connectivity index (χ0v) is 13.5. The van der Waals surface area contributed by atoms with E-state index in [9.17, 15) is 13.9 Å². The lowest BCUT2D eigenvalue weighted by molar-refractivity contribution is 0.349. The predicted molar refractivity (Wildman–Crippen MR) is 89.3 cm³/mol. The van der Waals surface area contributed by atoms with Gasteiger partial charge in [-0.05, 0) is 58.3 Å². The van der Waals surface area contributed by atoms with E-state index in [-0.39, 0.29) is 18.2 Å². The second-order valence-electron chi connectivity index (χ2n) is 5.34. The maximum atomic E-state index is 13.3. The normalized spacial score (nSPS) is 10.7. The van der Waals surface area contributed by atoms with Gasteiger partial charge in [-0.2, -0.15) is 0 Å². The first kappa shape index (κ1) is 16.9. The number of aliphatic hydroxyl groups is 1. The van der Waals surface area contributed by atoms with Crippen LogP contribution in [-0.4, -0.2) is 31.9 Å². The molecule has 0 amide bonds. The summed E-state index contributed by atoms with van der Waals surface area (Å²) >= 11 is 0. The fourth-order valence-electron chi connectivity index (χ4n) is 2.64. The summed E-state index contributed by atoms with van der Waals surface area (Å²) in [5.74, 6) is -0.328. The topological polar surface area (TPSA) is 63.8 Å². The Hall–Kier alpha value is -2.93. The minimum atomic E-state index is -0.369. The van der Waals surface area contributed by atoms with Crippen molar-refractivity contribution in [3.63, 3.8) is 0 Å². The molecule has 0 fully saturated rings. The van der Waals surface area contributed by atoms with Crippen molar-refractivity contribution < 1.29 is 13.9 Å². The molecular weight excluding hydrogens is 326 g/mol. The third-order valence-electron chi connectivity index (χ3n) is 3.83. The molecule has 0 aliphatic rings. The molecule has 1 heterocycles. The van der Waals surface area contributed by atoms with Crippen LogP contribution in [0.4, 0.5) is 8.78 Å². The van der Waals surface area contributed by atoms with Gasteiger partial charge < -0.3 is 5.11 Å². The lowest BCUT2D eigenvalue weighted by Gasteiger charge is -2.15. The quantitative estimate of drug-likeness (QED) is 0.774. The van der Waals surface area contributed by atoms with Crippen LogP contribution >= 0.6 is 0 Å². The van der Waals surface area contributed by atoms with E-state index in [0.29, 0.717) is 34.6 Å². The van der Waals surface area contributed by atoms with Gasteiger partial charge in [0, 0.05) is 12.1 Å². The molecule has 1 aromatic heterocycles. The molecule has 2 aromatic carbocycles. The summed E-state index contributed by atoms with van der Waals surface area (Å²) in [6.07, 6.45) is 0. The van der Waals surface area contributed by atoms with E-state index in [2.05, 4.69) is 15.5 Å². The van der Waals surface area contributed by atoms with Gasteiger partial charge in [-0.3, -0.25) is 0 Å². The molecule has 7 heteroatoms. The first-order chi connectivity index (χ1) is 12.1. The molecule has 0 unspecified atom stereocenters. The smallest absolute Gasteiger partial charge is 0.180 e. The van der Waals surface area contributed by atoms with Crippen LogP contribution in [0.15, 0.2) is 48.5 Å². The van der Waals surface area contributed by atoms with Gasteiger partial charge >= 0.3 is 0 Å². The molecule has 128 valence electrons. The molecule has 5 nitrogen and oxygen atoms in total. The monoisotopic (exact) mass is 342 g/mol. The van der Waals surface area contributed by atoms with Crippen LogP contribution in [0.5, 0.6) is 0 Å². The molecule has 0 atom stereocenters. The second-order valence-corrected chi connectivity index (χ2v) is 5.34. The van der Waals surface area contributed by atoms with Crippen molar-refractivity contribution in [3.8, 4) is 0 Å². The highest BCUT2D eigenvalue weighted by Gasteiger charge is 2.18. The number of hydrogen-bond donors (Lipinski definition) is 1. The fraction of sp³-hybridized carbons (Fsp3) is 0.167. The Bertz CT molecular complexity index is 839. The van der Waals surface area contributed by atoms with Crippen molar-refractivity contribution in [1.29, 1.82) is 0 Å². The van der Waals surface area contributed by atoms with Crippen LogP contribution in [-0.2, 0) is 6.54 Å². The Kier molecular flexibility index (Phi) is 4.95. The number of aryl methyl sites for hydroxylation is 1. The molecule has 0 aliphatic carbocycles. The molecule has 0 saturated heterocycles. The highest BCUT2D eigenvalue weighted by molar-refractivity contribution is 5.97. The number of aromatic nitrogens is 4. The molecule has 1 N–H and O–H groups in total. The van der Waals surface area contributed by atoms with Crippen molar-refractivity contribution in [2.24, 2.45) is 0 Å². The van der Waals surface area contributed by atoms with Crippen molar-refractivity contribution >= 4 is 11.1 Å². The number of benzene rings is 2. The lowest BCUT2D eigenvalue weighted by Crippen LogP contribution is -2.08. The van der Waals surface area contributed by atoms with Crippen LogP contribution in [0.25, 0.3) is 11.1 Å². The van der Waals surface area contributed by atoms with Gasteiger partial charge in [0.15, 0.2) is 5.82 Å². The average Bonchev–Trinajstić information content (AvgIpc) is 3.10. The number of rotatable bonds is 5. The molecule has 3 rings (SSSR count). The Morgan fingerprint density at radius 2 is 1.48 bits per heavy atom. The van der Waals surface area contributed by atoms with E-state index < -0.39 is 0 Å². The third-order valence-corrected chi connectivity index (χ3v) is 3.83. The maximum Gasteiger partial charge on any atom is 0.180 e. The molecular formula is C18H16F2N4O. The van der Waals surface area contributed by atoms with Crippen molar-refractivity contribution in [2.45, 2.75) is 13.5 Å². The van der Waals surface area contributed by atoms with Gasteiger partial charge in [0.1, 0.15) is 11.6 Å². The summed E-state index contributed by atoms with van der Waals surface area (Å²) in [6.45, 7) is 2.07. The Balaban J connectivity index is 2.28. The van der Waals surface area contributed by atoms with Gasteiger partial charge in [0.05, 0.1) is 6.61 Å². The predicted octanol–water partition coefficient (Wildman–Crippen LogP) is 2.92. The standard InChI is InChI=1S/C18H16F2N4O/c1-2-24-18(21-22-23-24)16(11-25)17(12-3-7-14(19)8-4-12)13-5-9-15(20)10-6-13/h3-10,25H,2,11H2,1H3. The van der Waals surface area contributed by atoms with E-state index in [1.807, 2.05) is 6.92 Å². The summed E-state index contributed by atoms with van der Waals surface area (Å²) < 4.78 is 28.2. The van der Waals surface area contributed by atoms with Crippen molar-refractivity contribution in [1.82, 2.24) is 20.2 Å². The highest BCUT2D eigenvalue weighted by atomic mass is 19.1. The minimum absolute atomic E-state index is 0.329. The summed E-state index contributed by atoms with van der Waals surface area (Å²) in [7, 11) is 0. The molecule has 0 radical (unpaired) electrons. The highest BCUT2D eigenvalue weighted by Crippen LogP contribution is 2.31. The van der Waals surface area contributed by atoms with Crippen LogP contribution in [0, 0.1) is 11.6 Å². The minimum Gasteiger partial charge on any atom is -0.392 e. The average molecular weight is 342 g/mol. The Morgan fingerprint density at radius 1 is 0.960 bits per heavy atom.